The van der Waals surface area contributed by atoms with Crippen LogP contribution in [0.5, 0.6) is 0 Å². The van der Waals surface area contributed by atoms with E-state index in [0.717, 1.165) is 13.0 Å². The van der Waals surface area contributed by atoms with Gasteiger partial charge < -0.3 is 0 Å². The van der Waals surface area contributed by atoms with Gasteiger partial charge in [-0.25, -0.2) is 9.13 Å². The van der Waals surface area contributed by atoms with Crippen LogP contribution in [0.3, 0.4) is 0 Å². The molecule has 2 aromatic rings. The maximum atomic E-state index is 2.46. The summed E-state index contributed by atoms with van der Waals surface area (Å²) in [6.45, 7) is 6.84. The van der Waals surface area contributed by atoms with Gasteiger partial charge >= 0.3 is 0 Å². The lowest BCUT2D eigenvalue weighted by Crippen LogP contribution is -2.37. The molecule has 1 heterocycles. The van der Waals surface area contributed by atoms with Crippen molar-refractivity contribution in [2.75, 3.05) is 0 Å². The summed E-state index contributed by atoms with van der Waals surface area (Å²) in [5, 5.41) is 0. The molecular weight excluding hydrogens is 268 g/mol. The van der Waals surface area contributed by atoms with Crippen LogP contribution in [-0.4, -0.2) is 4.57 Å². The predicted molar refractivity (Wildman–Crippen MR) is 92.9 cm³/mol. The molecule has 0 amide bonds. The van der Waals surface area contributed by atoms with Crippen molar-refractivity contribution in [3.63, 3.8) is 0 Å². The number of imidazole rings is 1. The van der Waals surface area contributed by atoms with Crippen LogP contribution in [0.2, 0.25) is 0 Å². The van der Waals surface area contributed by atoms with Gasteiger partial charge in [0, 0.05) is 6.42 Å². The minimum absolute atomic E-state index is 1.12. The van der Waals surface area contributed by atoms with Gasteiger partial charge in [0.25, 0.3) is 5.82 Å². The molecule has 2 rings (SSSR count). The number of aryl methyl sites for hydroxylation is 3. The number of benzene rings is 1. The molecule has 0 unspecified atom stereocenters. The van der Waals surface area contributed by atoms with Gasteiger partial charge in [-0.1, -0.05) is 57.0 Å². The number of hydrogen-bond donors (Lipinski definition) is 0. The molecule has 0 aliphatic rings. The normalized spacial score (nSPS) is 11.0. The van der Waals surface area contributed by atoms with Crippen LogP contribution >= 0.6 is 0 Å². The minimum Gasteiger partial charge on any atom is -0.234 e. The second-order valence-corrected chi connectivity index (χ2v) is 6.10. The standard InChI is InChI=1S/C20H31N2/c1-3-5-6-10-15-21-17-18-22(20(21)4-2)16-11-14-19-12-8-7-9-13-19/h7-9,12-13,17-18H,3-6,10-11,14-16H2,1-2H3/q+1. The average molecular weight is 299 g/mol. The first-order valence-corrected chi connectivity index (χ1v) is 8.96. The lowest BCUT2D eigenvalue weighted by molar-refractivity contribution is -0.704. The van der Waals surface area contributed by atoms with Gasteiger partial charge in [0.1, 0.15) is 12.4 Å². The number of hydrogen-bond acceptors (Lipinski definition) is 0. The maximum absolute atomic E-state index is 2.46. The molecule has 2 heteroatoms. The van der Waals surface area contributed by atoms with Crippen LogP contribution in [-0.2, 0) is 25.9 Å². The Bertz CT molecular complexity index is 528. The summed E-state index contributed by atoms with van der Waals surface area (Å²) in [7, 11) is 0. The number of nitrogens with zero attached hydrogens (tertiary/aromatic N) is 2. The van der Waals surface area contributed by atoms with Crippen molar-refractivity contribution in [2.24, 2.45) is 0 Å². The van der Waals surface area contributed by atoms with Crippen molar-refractivity contribution in [1.82, 2.24) is 4.57 Å². The van der Waals surface area contributed by atoms with Crippen LogP contribution in [0.25, 0.3) is 0 Å². The zero-order valence-electron chi connectivity index (χ0n) is 14.3. The summed E-state index contributed by atoms with van der Waals surface area (Å²) in [5.74, 6) is 1.48. The summed E-state index contributed by atoms with van der Waals surface area (Å²) in [6.07, 6.45) is 13.4. The molecule has 22 heavy (non-hydrogen) atoms. The minimum atomic E-state index is 1.12. The summed E-state index contributed by atoms with van der Waals surface area (Å²) in [6, 6.07) is 10.8. The van der Waals surface area contributed by atoms with Crippen LogP contribution in [0.1, 0.15) is 57.3 Å². The van der Waals surface area contributed by atoms with Crippen LogP contribution in [0.15, 0.2) is 42.7 Å². The highest BCUT2D eigenvalue weighted by Gasteiger charge is 2.14. The van der Waals surface area contributed by atoms with E-state index in [1.165, 1.54) is 56.5 Å². The molecule has 2 nitrogen and oxygen atoms in total. The first-order chi connectivity index (χ1) is 10.8. The Morgan fingerprint density at radius 3 is 2.50 bits per heavy atom. The molecule has 0 bridgehead atoms. The molecule has 0 aliphatic heterocycles. The summed E-state index contributed by atoms with van der Waals surface area (Å²) in [4.78, 5) is 0. The van der Waals surface area contributed by atoms with Gasteiger partial charge in [-0.3, -0.25) is 0 Å². The van der Waals surface area contributed by atoms with Crippen molar-refractivity contribution in [3.05, 3.63) is 54.1 Å². The lowest BCUT2D eigenvalue weighted by atomic mass is 10.1. The molecule has 120 valence electrons. The molecule has 0 N–H and O–H groups in total. The van der Waals surface area contributed by atoms with E-state index >= 15 is 0 Å². The topological polar surface area (TPSA) is 8.81 Å². The molecule has 0 spiro atoms. The van der Waals surface area contributed by atoms with Crippen molar-refractivity contribution in [3.8, 4) is 0 Å². The predicted octanol–water partition coefficient (Wildman–Crippen LogP) is 4.55. The van der Waals surface area contributed by atoms with Gasteiger partial charge in [-0.15, -0.1) is 0 Å². The van der Waals surface area contributed by atoms with E-state index in [1.807, 2.05) is 0 Å². The molecule has 1 aromatic carbocycles. The van der Waals surface area contributed by atoms with E-state index in [0.29, 0.717) is 0 Å². The molecule has 0 atom stereocenters. The molecule has 0 fully saturated rings. The van der Waals surface area contributed by atoms with Crippen LogP contribution in [0, 0.1) is 0 Å². The van der Waals surface area contributed by atoms with Gasteiger partial charge in [0.15, 0.2) is 0 Å². The molecule has 0 aliphatic carbocycles. The fourth-order valence-corrected chi connectivity index (χ4v) is 3.12. The van der Waals surface area contributed by atoms with Gasteiger partial charge in [-0.2, -0.15) is 0 Å². The first-order valence-electron chi connectivity index (χ1n) is 8.96. The Hall–Kier alpha value is -1.57. The van der Waals surface area contributed by atoms with E-state index in [9.17, 15) is 0 Å². The summed E-state index contributed by atoms with van der Waals surface area (Å²) >= 11 is 0. The van der Waals surface area contributed by atoms with E-state index in [-0.39, 0.29) is 0 Å². The third-order valence-electron chi connectivity index (χ3n) is 4.37. The third kappa shape index (κ3) is 5.01. The summed E-state index contributed by atoms with van der Waals surface area (Å²) in [5.41, 5.74) is 1.44. The zero-order valence-corrected chi connectivity index (χ0v) is 14.3. The van der Waals surface area contributed by atoms with Crippen molar-refractivity contribution in [2.45, 2.75) is 71.9 Å². The number of aromatic nitrogens is 2. The fraction of sp³-hybridized carbons (Fsp3) is 0.550. The third-order valence-corrected chi connectivity index (χ3v) is 4.37. The van der Waals surface area contributed by atoms with Crippen LogP contribution < -0.4 is 4.57 Å². The highest BCUT2D eigenvalue weighted by atomic mass is 15.1. The highest BCUT2D eigenvalue weighted by Crippen LogP contribution is 2.06. The monoisotopic (exact) mass is 299 g/mol. The Kier molecular flexibility index (Phi) is 7.21. The van der Waals surface area contributed by atoms with E-state index < -0.39 is 0 Å². The zero-order chi connectivity index (χ0) is 15.6. The van der Waals surface area contributed by atoms with E-state index in [1.54, 1.807) is 0 Å². The average Bonchev–Trinajstić information content (AvgIpc) is 2.94. The Morgan fingerprint density at radius 1 is 0.955 bits per heavy atom. The van der Waals surface area contributed by atoms with E-state index in [4.69, 9.17) is 0 Å². The van der Waals surface area contributed by atoms with Crippen molar-refractivity contribution < 1.29 is 4.57 Å². The Morgan fingerprint density at radius 2 is 1.77 bits per heavy atom. The SMILES string of the molecule is CCCCCCn1cc[n+](CCCc2ccccc2)c1CC. The molecule has 0 saturated carbocycles. The molecule has 1 aromatic heterocycles. The maximum Gasteiger partial charge on any atom is 0.256 e. The van der Waals surface area contributed by atoms with Gasteiger partial charge in [-0.05, 0) is 31.2 Å². The smallest absolute Gasteiger partial charge is 0.234 e. The van der Waals surface area contributed by atoms with E-state index in [2.05, 4.69) is 65.7 Å². The second-order valence-electron chi connectivity index (χ2n) is 6.10. The largest absolute Gasteiger partial charge is 0.256 e. The van der Waals surface area contributed by atoms with Crippen molar-refractivity contribution >= 4 is 0 Å². The Balaban J connectivity index is 1.84. The lowest BCUT2D eigenvalue weighted by Gasteiger charge is -2.04. The second kappa shape index (κ2) is 9.45. The number of unbranched alkanes of at least 4 members (excludes halogenated alkanes) is 3. The highest BCUT2D eigenvalue weighted by molar-refractivity contribution is 5.14. The van der Waals surface area contributed by atoms with Crippen LogP contribution in [0.4, 0.5) is 0 Å². The molecule has 0 saturated heterocycles. The van der Waals surface area contributed by atoms with Gasteiger partial charge in [0.2, 0.25) is 0 Å². The molecular formula is C20H31N2+. The number of rotatable bonds is 10. The van der Waals surface area contributed by atoms with Crippen molar-refractivity contribution in [1.29, 1.82) is 0 Å². The quantitative estimate of drug-likeness (QED) is 0.449. The van der Waals surface area contributed by atoms with Gasteiger partial charge in [0.05, 0.1) is 13.1 Å². The Labute approximate surface area is 135 Å². The molecule has 0 radical (unpaired) electrons. The first kappa shape index (κ1) is 16.8. The fourth-order valence-electron chi connectivity index (χ4n) is 3.12. The summed E-state index contributed by atoms with van der Waals surface area (Å²) < 4.78 is 4.90.